The van der Waals surface area contributed by atoms with E-state index in [1.165, 1.54) is 36.8 Å². The maximum absolute atomic E-state index is 12.5. The van der Waals surface area contributed by atoms with E-state index in [1.807, 2.05) is 0 Å². The smallest absolute Gasteiger partial charge is 0.271 e. The van der Waals surface area contributed by atoms with Crippen molar-refractivity contribution in [2.45, 2.75) is 18.9 Å². The SMILES string of the molecule is O=C(NC1CCN(C(=O)c2cc(O)cc(O)c2)CC1)c1cnccn1. The number of piperidine rings is 1. The molecule has 3 rings (SSSR count). The third kappa shape index (κ3) is 4.03. The number of carbonyl (C=O) groups is 2. The molecule has 1 aliphatic heterocycles. The highest BCUT2D eigenvalue weighted by Crippen LogP contribution is 2.22. The third-order valence-electron chi connectivity index (χ3n) is 4.06. The minimum absolute atomic E-state index is 0.0452. The van der Waals surface area contributed by atoms with Gasteiger partial charge in [0.1, 0.15) is 17.2 Å². The zero-order valence-electron chi connectivity index (χ0n) is 13.4. The summed E-state index contributed by atoms with van der Waals surface area (Å²) >= 11 is 0. The topological polar surface area (TPSA) is 116 Å². The lowest BCUT2D eigenvalue weighted by atomic mass is 10.0. The quantitative estimate of drug-likeness (QED) is 0.764. The minimum atomic E-state index is -0.282. The summed E-state index contributed by atoms with van der Waals surface area (Å²) in [5.74, 6) is -0.857. The van der Waals surface area contributed by atoms with Gasteiger partial charge in [-0.15, -0.1) is 0 Å². The minimum Gasteiger partial charge on any atom is -0.508 e. The molecule has 2 amide bonds. The van der Waals surface area contributed by atoms with Gasteiger partial charge >= 0.3 is 0 Å². The van der Waals surface area contributed by atoms with Crippen LogP contribution in [-0.2, 0) is 0 Å². The standard InChI is InChI=1S/C17H18N4O4/c22-13-7-11(8-14(23)9-13)17(25)21-5-1-12(2-6-21)20-16(24)15-10-18-3-4-19-15/h3-4,7-10,12,22-23H,1-2,5-6H2,(H,20,24). The van der Waals surface area contributed by atoms with Gasteiger partial charge in [-0.1, -0.05) is 0 Å². The Labute approximate surface area is 144 Å². The van der Waals surface area contributed by atoms with Crippen molar-refractivity contribution in [3.63, 3.8) is 0 Å². The summed E-state index contributed by atoms with van der Waals surface area (Å²) in [5.41, 5.74) is 0.496. The Kier molecular flexibility index (Phi) is 4.78. The largest absolute Gasteiger partial charge is 0.508 e. The van der Waals surface area contributed by atoms with E-state index in [4.69, 9.17) is 0 Å². The molecule has 0 unspecified atom stereocenters. The number of hydrogen-bond donors (Lipinski definition) is 3. The first-order chi connectivity index (χ1) is 12.0. The number of rotatable bonds is 3. The first kappa shape index (κ1) is 16.7. The number of phenolic OH excluding ortho intramolecular Hbond substituents is 2. The molecular weight excluding hydrogens is 324 g/mol. The fourth-order valence-corrected chi connectivity index (χ4v) is 2.80. The lowest BCUT2D eigenvalue weighted by Crippen LogP contribution is -2.46. The fourth-order valence-electron chi connectivity index (χ4n) is 2.80. The van der Waals surface area contributed by atoms with Crippen LogP contribution in [0.25, 0.3) is 0 Å². The van der Waals surface area contributed by atoms with E-state index in [-0.39, 0.29) is 40.6 Å². The lowest BCUT2D eigenvalue weighted by molar-refractivity contribution is 0.0696. The van der Waals surface area contributed by atoms with E-state index >= 15 is 0 Å². The molecule has 1 aromatic carbocycles. The summed E-state index contributed by atoms with van der Waals surface area (Å²) in [6.07, 6.45) is 5.59. The van der Waals surface area contributed by atoms with Gasteiger partial charge in [0.15, 0.2) is 0 Å². The molecule has 0 radical (unpaired) electrons. The van der Waals surface area contributed by atoms with Gasteiger partial charge in [0.25, 0.3) is 11.8 Å². The summed E-state index contributed by atoms with van der Waals surface area (Å²) in [6, 6.07) is 3.77. The highest BCUT2D eigenvalue weighted by Gasteiger charge is 2.25. The van der Waals surface area contributed by atoms with Crippen LogP contribution in [-0.4, -0.2) is 56.0 Å². The second kappa shape index (κ2) is 7.16. The Hall–Kier alpha value is -3.16. The Morgan fingerprint density at radius 1 is 1.08 bits per heavy atom. The van der Waals surface area contributed by atoms with Gasteiger partial charge in [0, 0.05) is 43.2 Å². The van der Waals surface area contributed by atoms with Crippen molar-refractivity contribution in [2.75, 3.05) is 13.1 Å². The van der Waals surface area contributed by atoms with E-state index < -0.39 is 0 Å². The first-order valence-corrected chi connectivity index (χ1v) is 7.92. The highest BCUT2D eigenvalue weighted by molar-refractivity contribution is 5.95. The second-order valence-corrected chi connectivity index (χ2v) is 5.87. The number of carbonyl (C=O) groups excluding carboxylic acids is 2. The van der Waals surface area contributed by atoms with Crippen LogP contribution in [0.3, 0.4) is 0 Å². The molecule has 0 saturated carbocycles. The maximum Gasteiger partial charge on any atom is 0.271 e. The van der Waals surface area contributed by atoms with E-state index in [1.54, 1.807) is 4.90 Å². The van der Waals surface area contributed by atoms with Gasteiger partial charge in [-0.3, -0.25) is 14.6 Å². The van der Waals surface area contributed by atoms with E-state index in [2.05, 4.69) is 15.3 Å². The van der Waals surface area contributed by atoms with Crippen LogP contribution >= 0.6 is 0 Å². The molecule has 0 bridgehead atoms. The molecule has 25 heavy (non-hydrogen) atoms. The maximum atomic E-state index is 12.5. The van der Waals surface area contributed by atoms with Crippen molar-refractivity contribution < 1.29 is 19.8 Å². The number of nitrogens with zero attached hydrogens (tertiary/aromatic N) is 3. The van der Waals surface area contributed by atoms with E-state index in [9.17, 15) is 19.8 Å². The highest BCUT2D eigenvalue weighted by atomic mass is 16.3. The number of aromatic hydroxyl groups is 2. The molecule has 1 aromatic heterocycles. The second-order valence-electron chi connectivity index (χ2n) is 5.87. The van der Waals surface area contributed by atoms with Crippen LogP contribution in [0.5, 0.6) is 11.5 Å². The Morgan fingerprint density at radius 3 is 2.36 bits per heavy atom. The molecule has 8 nitrogen and oxygen atoms in total. The van der Waals surface area contributed by atoms with Crippen molar-refractivity contribution in [1.29, 1.82) is 0 Å². The normalized spacial score (nSPS) is 15.0. The number of benzene rings is 1. The van der Waals surface area contributed by atoms with Gasteiger partial charge in [0.2, 0.25) is 0 Å². The summed E-state index contributed by atoms with van der Waals surface area (Å²) in [6.45, 7) is 0.946. The van der Waals surface area contributed by atoms with Gasteiger partial charge < -0.3 is 20.4 Å². The van der Waals surface area contributed by atoms with Crippen molar-refractivity contribution in [3.05, 3.63) is 48.0 Å². The molecule has 0 aliphatic carbocycles. The number of amides is 2. The third-order valence-corrected chi connectivity index (χ3v) is 4.06. The molecule has 1 saturated heterocycles. The monoisotopic (exact) mass is 342 g/mol. The Bertz CT molecular complexity index is 753. The van der Waals surface area contributed by atoms with Crippen LogP contribution in [0, 0.1) is 0 Å². The average molecular weight is 342 g/mol. The van der Waals surface area contributed by atoms with Gasteiger partial charge in [-0.05, 0) is 25.0 Å². The zero-order chi connectivity index (χ0) is 17.8. The molecule has 2 aromatic rings. The van der Waals surface area contributed by atoms with E-state index in [0.717, 1.165) is 0 Å². The molecule has 3 N–H and O–H groups in total. The molecule has 2 heterocycles. The van der Waals surface area contributed by atoms with Gasteiger partial charge in [-0.25, -0.2) is 4.98 Å². The van der Waals surface area contributed by atoms with Crippen LogP contribution in [0.4, 0.5) is 0 Å². The first-order valence-electron chi connectivity index (χ1n) is 7.92. The molecule has 8 heteroatoms. The molecule has 0 spiro atoms. The number of phenols is 2. The molecule has 1 aliphatic rings. The summed E-state index contributed by atoms with van der Waals surface area (Å²) in [5, 5.41) is 21.9. The zero-order valence-corrected chi connectivity index (χ0v) is 13.4. The van der Waals surface area contributed by atoms with Crippen molar-refractivity contribution in [2.24, 2.45) is 0 Å². The fraction of sp³-hybridized carbons (Fsp3) is 0.294. The average Bonchev–Trinajstić information content (AvgIpc) is 2.61. The van der Waals surface area contributed by atoms with Crippen LogP contribution < -0.4 is 5.32 Å². The van der Waals surface area contributed by atoms with Gasteiger partial charge in [-0.2, -0.15) is 0 Å². The number of hydrogen-bond acceptors (Lipinski definition) is 6. The van der Waals surface area contributed by atoms with Crippen LogP contribution in [0.1, 0.15) is 33.7 Å². The number of nitrogens with one attached hydrogen (secondary N) is 1. The van der Waals surface area contributed by atoms with Crippen LogP contribution in [0.15, 0.2) is 36.8 Å². The molecule has 1 fully saturated rings. The molecule has 130 valence electrons. The Balaban J connectivity index is 1.56. The molecular formula is C17H18N4O4. The Morgan fingerprint density at radius 2 is 1.76 bits per heavy atom. The molecule has 0 atom stereocenters. The summed E-state index contributed by atoms with van der Waals surface area (Å²) in [7, 11) is 0. The van der Waals surface area contributed by atoms with Crippen molar-refractivity contribution >= 4 is 11.8 Å². The van der Waals surface area contributed by atoms with E-state index in [0.29, 0.717) is 25.9 Å². The predicted octanol–water partition coefficient (Wildman–Crippen LogP) is 0.922. The number of likely N-dealkylation sites (tertiary alicyclic amines) is 1. The van der Waals surface area contributed by atoms with Gasteiger partial charge in [0.05, 0.1) is 6.20 Å². The van der Waals surface area contributed by atoms with Crippen molar-refractivity contribution in [1.82, 2.24) is 20.2 Å². The predicted molar refractivity (Wildman–Crippen MR) is 88.2 cm³/mol. The van der Waals surface area contributed by atoms with Crippen molar-refractivity contribution in [3.8, 4) is 11.5 Å². The lowest BCUT2D eigenvalue weighted by Gasteiger charge is -2.32. The summed E-state index contributed by atoms with van der Waals surface area (Å²) < 4.78 is 0. The summed E-state index contributed by atoms with van der Waals surface area (Å²) in [4.78, 5) is 34.0. The number of aromatic nitrogens is 2. The van der Waals surface area contributed by atoms with Crippen LogP contribution in [0.2, 0.25) is 0 Å².